The van der Waals surface area contributed by atoms with E-state index in [1.54, 1.807) is 0 Å². The summed E-state index contributed by atoms with van der Waals surface area (Å²) in [6, 6.07) is 6.60. The molecule has 0 aliphatic carbocycles. The Labute approximate surface area is 110 Å². The Hall–Kier alpha value is -1.06. The fraction of sp³-hybridized carbons (Fsp3) is 0.600. The number of para-hydroxylation sites is 1. The van der Waals surface area contributed by atoms with Crippen molar-refractivity contribution in [2.45, 2.75) is 39.3 Å². The third kappa shape index (κ3) is 3.47. The van der Waals surface area contributed by atoms with Crippen molar-refractivity contribution in [3.63, 3.8) is 0 Å². The standard InChI is InChI=1S/C15H24N2O/c1-3-18-12(2)10-16-11-14-7-4-6-13-8-5-9-17-15(13)14/h4,6-7,12,16-17H,3,5,8-11H2,1-2H3. The minimum absolute atomic E-state index is 0.280. The first-order valence-corrected chi connectivity index (χ1v) is 6.98. The first kappa shape index (κ1) is 13.4. The number of hydrogen-bond acceptors (Lipinski definition) is 3. The summed E-state index contributed by atoms with van der Waals surface area (Å²) in [5.41, 5.74) is 4.18. The zero-order valence-corrected chi connectivity index (χ0v) is 11.5. The number of rotatable bonds is 6. The lowest BCUT2D eigenvalue weighted by molar-refractivity contribution is 0.0759. The monoisotopic (exact) mass is 248 g/mol. The minimum atomic E-state index is 0.280. The summed E-state index contributed by atoms with van der Waals surface area (Å²) in [5.74, 6) is 0. The predicted molar refractivity (Wildman–Crippen MR) is 76.0 cm³/mol. The summed E-state index contributed by atoms with van der Waals surface area (Å²) < 4.78 is 5.51. The number of hydrogen-bond donors (Lipinski definition) is 2. The number of ether oxygens (including phenoxy) is 1. The second kappa shape index (κ2) is 6.76. The van der Waals surface area contributed by atoms with E-state index in [4.69, 9.17) is 4.74 Å². The smallest absolute Gasteiger partial charge is 0.0671 e. The molecule has 1 aromatic carbocycles. The lowest BCUT2D eigenvalue weighted by Gasteiger charge is -2.22. The number of nitrogens with one attached hydrogen (secondary N) is 2. The van der Waals surface area contributed by atoms with Crippen LogP contribution in [0.5, 0.6) is 0 Å². The molecule has 1 aromatic rings. The second-order valence-corrected chi connectivity index (χ2v) is 4.88. The van der Waals surface area contributed by atoms with Gasteiger partial charge in [0.25, 0.3) is 0 Å². The highest BCUT2D eigenvalue weighted by molar-refractivity contribution is 5.59. The summed E-state index contributed by atoms with van der Waals surface area (Å²) in [7, 11) is 0. The van der Waals surface area contributed by atoms with Crippen LogP contribution in [0.1, 0.15) is 31.4 Å². The third-order valence-electron chi connectivity index (χ3n) is 3.36. The van der Waals surface area contributed by atoms with Gasteiger partial charge in [-0.15, -0.1) is 0 Å². The van der Waals surface area contributed by atoms with Crippen LogP contribution in [0.2, 0.25) is 0 Å². The molecular formula is C15H24N2O. The molecule has 0 spiro atoms. The van der Waals surface area contributed by atoms with Crippen molar-refractivity contribution in [2.75, 3.05) is 25.0 Å². The van der Waals surface area contributed by atoms with Crippen LogP contribution in [-0.4, -0.2) is 25.8 Å². The highest BCUT2D eigenvalue weighted by Gasteiger charge is 2.11. The maximum atomic E-state index is 5.51. The largest absolute Gasteiger partial charge is 0.385 e. The Morgan fingerprint density at radius 3 is 3.17 bits per heavy atom. The molecular weight excluding hydrogens is 224 g/mol. The van der Waals surface area contributed by atoms with Crippen molar-refractivity contribution in [1.29, 1.82) is 0 Å². The Kier molecular flexibility index (Phi) is 5.02. The van der Waals surface area contributed by atoms with Crippen molar-refractivity contribution >= 4 is 5.69 Å². The number of aryl methyl sites for hydroxylation is 1. The highest BCUT2D eigenvalue weighted by Crippen LogP contribution is 2.25. The maximum absolute atomic E-state index is 5.51. The first-order chi connectivity index (χ1) is 8.81. The van der Waals surface area contributed by atoms with E-state index in [2.05, 4.69) is 35.8 Å². The summed E-state index contributed by atoms with van der Waals surface area (Å²) >= 11 is 0. The second-order valence-electron chi connectivity index (χ2n) is 4.88. The molecule has 18 heavy (non-hydrogen) atoms. The predicted octanol–water partition coefficient (Wildman–Crippen LogP) is 2.56. The van der Waals surface area contributed by atoms with E-state index in [0.717, 1.165) is 26.2 Å². The average molecular weight is 248 g/mol. The van der Waals surface area contributed by atoms with Crippen LogP contribution in [0, 0.1) is 0 Å². The molecule has 0 bridgehead atoms. The Morgan fingerprint density at radius 2 is 2.33 bits per heavy atom. The van der Waals surface area contributed by atoms with E-state index in [0.29, 0.717) is 0 Å². The molecule has 0 saturated carbocycles. The zero-order valence-electron chi connectivity index (χ0n) is 11.5. The van der Waals surface area contributed by atoms with Crippen molar-refractivity contribution < 1.29 is 4.74 Å². The Bertz CT molecular complexity index is 379. The highest BCUT2D eigenvalue weighted by atomic mass is 16.5. The summed E-state index contributed by atoms with van der Waals surface area (Å²) in [4.78, 5) is 0. The van der Waals surface area contributed by atoms with Crippen molar-refractivity contribution in [1.82, 2.24) is 5.32 Å². The fourth-order valence-corrected chi connectivity index (χ4v) is 2.48. The van der Waals surface area contributed by atoms with Gasteiger partial charge in [-0.25, -0.2) is 0 Å². The van der Waals surface area contributed by atoms with Crippen LogP contribution in [0.4, 0.5) is 5.69 Å². The lowest BCUT2D eigenvalue weighted by atomic mass is 9.99. The molecule has 0 aromatic heterocycles. The lowest BCUT2D eigenvalue weighted by Crippen LogP contribution is -2.27. The van der Waals surface area contributed by atoms with Gasteiger partial charge in [0, 0.05) is 31.9 Å². The van der Waals surface area contributed by atoms with Crippen molar-refractivity contribution in [2.24, 2.45) is 0 Å². The fourth-order valence-electron chi connectivity index (χ4n) is 2.48. The molecule has 1 atom stereocenters. The van der Waals surface area contributed by atoms with Gasteiger partial charge in [0.15, 0.2) is 0 Å². The topological polar surface area (TPSA) is 33.3 Å². The molecule has 0 saturated heterocycles. The Balaban J connectivity index is 1.89. The van der Waals surface area contributed by atoms with Gasteiger partial charge < -0.3 is 15.4 Å². The molecule has 3 heteroatoms. The number of fused-ring (bicyclic) bond motifs is 1. The van der Waals surface area contributed by atoms with Crippen LogP contribution in [0.15, 0.2) is 18.2 Å². The van der Waals surface area contributed by atoms with Crippen LogP contribution in [-0.2, 0) is 17.7 Å². The van der Waals surface area contributed by atoms with Crippen LogP contribution in [0.3, 0.4) is 0 Å². The third-order valence-corrected chi connectivity index (χ3v) is 3.36. The van der Waals surface area contributed by atoms with Crippen molar-refractivity contribution in [3.8, 4) is 0 Å². The van der Waals surface area contributed by atoms with E-state index in [9.17, 15) is 0 Å². The first-order valence-electron chi connectivity index (χ1n) is 6.98. The summed E-state index contributed by atoms with van der Waals surface area (Å²) in [6.07, 6.45) is 2.72. The quantitative estimate of drug-likeness (QED) is 0.811. The zero-order chi connectivity index (χ0) is 12.8. The molecule has 1 aliphatic rings. The van der Waals surface area contributed by atoms with Crippen LogP contribution >= 0.6 is 0 Å². The maximum Gasteiger partial charge on any atom is 0.0671 e. The van der Waals surface area contributed by atoms with Crippen LogP contribution < -0.4 is 10.6 Å². The summed E-state index contributed by atoms with van der Waals surface area (Å²) in [6.45, 7) is 7.83. The molecule has 3 nitrogen and oxygen atoms in total. The van der Waals surface area contributed by atoms with Gasteiger partial charge in [-0.1, -0.05) is 18.2 Å². The van der Waals surface area contributed by atoms with E-state index >= 15 is 0 Å². The van der Waals surface area contributed by atoms with Gasteiger partial charge >= 0.3 is 0 Å². The number of benzene rings is 1. The van der Waals surface area contributed by atoms with E-state index < -0.39 is 0 Å². The van der Waals surface area contributed by atoms with Gasteiger partial charge in [0.2, 0.25) is 0 Å². The SMILES string of the molecule is CCOC(C)CNCc1cccc2c1NCCC2. The molecule has 0 radical (unpaired) electrons. The van der Waals surface area contributed by atoms with Gasteiger partial charge in [0.1, 0.15) is 0 Å². The van der Waals surface area contributed by atoms with Gasteiger partial charge in [-0.2, -0.15) is 0 Å². The van der Waals surface area contributed by atoms with E-state index in [1.165, 1.54) is 29.7 Å². The molecule has 0 fully saturated rings. The molecule has 0 amide bonds. The average Bonchev–Trinajstić information content (AvgIpc) is 2.39. The Morgan fingerprint density at radius 1 is 1.44 bits per heavy atom. The van der Waals surface area contributed by atoms with Gasteiger partial charge in [-0.05, 0) is 37.8 Å². The van der Waals surface area contributed by atoms with Crippen molar-refractivity contribution in [3.05, 3.63) is 29.3 Å². The van der Waals surface area contributed by atoms with Gasteiger partial charge in [0.05, 0.1) is 6.10 Å². The van der Waals surface area contributed by atoms with Crippen LogP contribution in [0.25, 0.3) is 0 Å². The normalized spacial score (nSPS) is 15.9. The molecule has 1 aliphatic heterocycles. The summed E-state index contributed by atoms with van der Waals surface area (Å²) in [5, 5.41) is 6.99. The van der Waals surface area contributed by atoms with Gasteiger partial charge in [-0.3, -0.25) is 0 Å². The van der Waals surface area contributed by atoms with E-state index in [-0.39, 0.29) is 6.10 Å². The molecule has 1 heterocycles. The molecule has 1 unspecified atom stereocenters. The van der Waals surface area contributed by atoms with E-state index in [1.807, 2.05) is 6.92 Å². The number of anilines is 1. The molecule has 2 rings (SSSR count). The minimum Gasteiger partial charge on any atom is -0.385 e. The molecule has 2 N–H and O–H groups in total. The molecule has 100 valence electrons.